The number of aromatic nitrogens is 1. The van der Waals surface area contributed by atoms with Crippen molar-refractivity contribution < 1.29 is 4.79 Å². The molecule has 1 unspecified atom stereocenters. The first-order valence-electron chi connectivity index (χ1n) is 10.1. The van der Waals surface area contributed by atoms with Crippen LogP contribution in [0.5, 0.6) is 0 Å². The van der Waals surface area contributed by atoms with Gasteiger partial charge in [0.25, 0.3) is 0 Å². The van der Waals surface area contributed by atoms with E-state index in [4.69, 9.17) is 0 Å². The molecule has 0 radical (unpaired) electrons. The Kier molecular flexibility index (Phi) is 6.43. The molecule has 1 atom stereocenters. The van der Waals surface area contributed by atoms with E-state index in [1.807, 2.05) is 60.7 Å². The minimum Gasteiger partial charge on any atom is -0.289 e. The van der Waals surface area contributed by atoms with Crippen LogP contribution in [0.15, 0.2) is 73.1 Å². The Morgan fingerprint density at radius 2 is 1.31 bits per heavy atom. The normalized spacial score (nSPS) is 12.8. The second kappa shape index (κ2) is 9.00. The molecule has 2 heteroatoms. The predicted octanol–water partition coefficient (Wildman–Crippen LogP) is 7.02. The SMILES string of the molecule is CC(CC(C)(C)C)c1ccc(C(=O)c2ccc(C=Cc3ccncc3)cc2)cc1. The molecule has 0 aliphatic carbocycles. The van der Waals surface area contributed by atoms with Crippen LogP contribution in [0.2, 0.25) is 0 Å². The number of rotatable bonds is 6. The van der Waals surface area contributed by atoms with E-state index < -0.39 is 0 Å². The molecular formula is C27H29NO. The van der Waals surface area contributed by atoms with Gasteiger partial charge in [0.1, 0.15) is 0 Å². The van der Waals surface area contributed by atoms with Crippen LogP contribution in [0.25, 0.3) is 12.2 Å². The minimum atomic E-state index is 0.0599. The Hall–Kier alpha value is -3.00. The fraction of sp³-hybridized carbons (Fsp3) is 0.259. The van der Waals surface area contributed by atoms with Gasteiger partial charge in [0.2, 0.25) is 0 Å². The van der Waals surface area contributed by atoms with Gasteiger partial charge in [0.05, 0.1) is 0 Å². The van der Waals surface area contributed by atoms with E-state index in [2.05, 4.69) is 44.8 Å². The molecule has 0 aliphatic rings. The summed E-state index contributed by atoms with van der Waals surface area (Å²) in [5.41, 5.74) is 5.18. The zero-order valence-electron chi connectivity index (χ0n) is 17.7. The van der Waals surface area contributed by atoms with Gasteiger partial charge in [-0.2, -0.15) is 0 Å². The third-order valence-electron chi connectivity index (χ3n) is 5.01. The van der Waals surface area contributed by atoms with Gasteiger partial charge in [0, 0.05) is 23.5 Å². The minimum absolute atomic E-state index is 0.0599. The highest BCUT2D eigenvalue weighted by Gasteiger charge is 2.17. The molecule has 2 aromatic carbocycles. The smallest absolute Gasteiger partial charge is 0.193 e. The molecule has 2 nitrogen and oxygen atoms in total. The Morgan fingerprint density at radius 1 is 0.828 bits per heavy atom. The summed E-state index contributed by atoms with van der Waals surface area (Å²) in [5, 5.41) is 0. The average molecular weight is 384 g/mol. The molecule has 0 aliphatic heterocycles. The van der Waals surface area contributed by atoms with Crippen LogP contribution in [0.1, 0.15) is 72.6 Å². The monoisotopic (exact) mass is 383 g/mol. The molecule has 0 saturated carbocycles. The van der Waals surface area contributed by atoms with Crippen molar-refractivity contribution in [3.05, 3.63) is 101 Å². The van der Waals surface area contributed by atoms with Crippen molar-refractivity contribution in [2.24, 2.45) is 5.41 Å². The van der Waals surface area contributed by atoms with Crippen LogP contribution >= 0.6 is 0 Å². The summed E-state index contributed by atoms with van der Waals surface area (Å²) in [6.45, 7) is 9.03. The third kappa shape index (κ3) is 5.99. The molecule has 1 heterocycles. The van der Waals surface area contributed by atoms with E-state index in [1.54, 1.807) is 12.4 Å². The van der Waals surface area contributed by atoms with Crippen LogP contribution in [0.3, 0.4) is 0 Å². The maximum Gasteiger partial charge on any atom is 0.193 e. The zero-order valence-corrected chi connectivity index (χ0v) is 17.7. The van der Waals surface area contributed by atoms with Crippen LogP contribution in [0, 0.1) is 5.41 Å². The first-order chi connectivity index (χ1) is 13.8. The lowest BCUT2D eigenvalue weighted by Gasteiger charge is -2.23. The van der Waals surface area contributed by atoms with E-state index in [0.29, 0.717) is 16.9 Å². The number of ketones is 1. The van der Waals surface area contributed by atoms with E-state index in [1.165, 1.54) is 5.56 Å². The van der Waals surface area contributed by atoms with E-state index >= 15 is 0 Å². The van der Waals surface area contributed by atoms with Crippen molar-refractivity contribution >= 4 is 17.9 Å². The number of hydrogen-bond acceptors (Lipinski definition) is 2. The topological polar surface area (TPSA) is 30.0 Å². The van der Waals surface area contributed by atoms with Crippen molar-refractivity contribution in [1.29, 1.82) is 0 Å². The lowest BCUT2D eigenvalue weighted by atomic mass is 9.82. The molecule has 0 bridgehead atoms. The highest BCUT2D eigenvalue weighted by atomic mass is 16.1. The van der Waals surface area contributed by atoms with Crippen LogP contribution in [-0.2, 0) is 0 Å². The first kappa shape index (κ1) is 20.7. The summed E-state index contributed by atoms with van der Waals surface area (Å²) in [4.78, 5) is 16.8. The van der Waals surface area contributed by atoms with Gasteiger partial charge in [-0.25, -0.2) is 0 Å². The second-order valence-corrected chi connectivity index (χ2v) is 8.85. The van der Waals surface area contributed by atoms with Crippen molar-refractivity contribution in [3.8, 4) is 0 Å². The summed E-state index contributed by atoms with van der Waals surface area (Å²) in [6.07, 6.45) is 8.74. The zero-order chi connectivity index (χ0) is 20.9. The fourth-order valence-electron chi connectivity index (χ4n) is 3.58. The summed E-state index contributed by atoms with van der Waals surface area (Å²) < 4.78 is 0. The molecular weight excluding hydrogens is 354 g/mol. The second-order valence-electron chi connectivity index (χ2n) is 8.85. The quantitative estimate of drug-likeness (QED) is 0.428. The van der Waals surface area contributed by atoms with Gasteiger partial charge in [-0.3, -0.25) is 9.78 Å². The number of hydrogen-bond donors (Lipinski definition) is 0. The summed E-state index contributed by atoms with van der Waals surface area (Å²) in [7, 11) is 0. The van der Waals surface area contributed by atoms with Crippen LogP contribution in [0.4, 0.5) is 0 Å². The first-order valence-corrected chi connectivity index (χ1v) is 10.1. The van der Waals surface area contributed by atoms with Crippen LogP contribution in [-0.4, -0.2) is 10.8 Å². The Bertz CT molecular complexity index is 962. The Morgan fingerprint density at radius 3 is 1.83 bits per heavy atom. The molecule has 0 amide bonds. The summed E-state index contributed by atoms with van der Waals surface area (Å²) in [6, 6.07) is 19.7. The van der Waals surface area contributed by atoms with Crippen molar-refractivity contribution in [3.63, 3.8) is 0 Å². The number of carbonyl (C=O) groups is 1. The Balaban J connectivity index is 1.68. The number of benzene rings is 2. The number of nitrogens with zero attached hydrogens (tertiary/aromatic N) is 1. The number of carbonyl (C=O) groups excluding carboxylic acids is 1. The predicted molar refractivity (Wildman–Crippen MR) is 122 cm³/mol. The van der Waals surface area contributed by atoms with E-state index in [-0.39, 0.29) is 5.78 Å². The molecule has 148 valence electrons. The lowest BCUT2D eigenvalue weighted by molar-refractivity contribution is 0.103. The van der Waals surface area contributed by atoms with Crippen LogP contribution < -0.4 is 0 Å². The van der Waals surface area contributed by atoms with E-state index in [9.17, 15) is 4.79 Å². The molecule has 29 heavy (non-hydrogen) atoms. The highest BCUT2D eigenvalue weighted by molar-refractivity contribution is 6.09. The van der Waals surface area contributed by atoms with Gasteiger partial charge in [0.15, 0.2) is 5.78 Å². The maximum absolute atomic E-state index is 12.8. The van der Waals surface area contributed by atoms with Gasteiger partial charge >= 0.3 is 0 Å². The van der Waals surface area contributed by atoms with Gasteiger partial charge < -0.3 is 0 Å². The van der Waals surface area contributed by atoms with Crippen molar-refractivity contribution in [1.82, 2.24) is 4.98 Å². The molecule has 0 fully saturated rings. The van der Waals surface area contributed by atoms with E-state index in [0.717, 1.165) is 23.1 Å². The molecule has 0 N–H and O–H groups in total. The van der Waals surface area contributed by atoms with Gasteiger partial charge in [-0.1, -0.05) is 88.4 Å². The Labute approximate surface area is 174 Å². The average Bonchev–Trinajstić information content (AvgIpc) is 2.72. The number of pyridine rings is 1. The lowest BCUT2D eigenvalue weighted by Crippen LogP contribution is -2.10. The van der Waals surface area contributed by atoms with Gasteiger partial charge in [-0.15, -0.1) is 0 Å². The molecule has 1 aromatic heterocycles. The summed E-state index contributed by atoms with van der Waals surface area (Å²) >= 11 is 0. The molecule has 0 saturated heterocycles. The third-order valence-corrected chi connectivity index (χ3v) is 5.01. The highest BCUT2D eigenvalue weighted by Crippen LogP contribution is 2.31. The summed E-state index contributed by atoms with van der Waals surface area (Å²) in [5.74, 6) is 0.537. The molecule has 3 rings (SSSR count). The molecule has 0 spiro atoms. The largest absolute Gasteiger partial charge is 0.289 e. The standard InChI is InChI=1S/C27H29NO/c1-20(19-27(2,3)4)23-11-13-25(14-12-23)26(29)24-9-7-21(8-10-24)5-6-22-15-17-28-18-16-22/h5-18,20H,19H2,1-4H3. The maximum atomic E-state index is 12.8. The van der Waals surface area contributed by atoms with Gasteiger partial charge in [-0.05, 0) is 46.6 Å². The fourth-order valence-corrected chi connectivity index (χ4v) is 3.58. The van der Waals surface area contributed by atoms with Crippen molar-refractivity contribution in [2.45, 2.75) is 40.0 Å². The molecule has 3 aromatic rings. The van der Waals surface area contributed by atoms with Crippen molar-refractivity contribution in [2.75, 3.05) is 0 Å².